The quantitative estimate of drug-likeness (QED) is 0.448. The lowest BCUT2D eigenvalue weighted by Crippen LogP contribution is -2.13. The summed E-state index contributed by atoms with van der Waals surface area (Å²) >= 11 is 1.16. The minimum atomic E-state index is -0.160. The normalized spacial score (nSPS) is 10.6. The van der Waals surface area contributed by atoms with Gasteiger partial charge in [-0.3, -0.25) is 4.79 Å². The van der Waals surface area contributed by atoms with Crippen molar-refractivity contribution < 1.29 is 14.3 Å². The predicted octanol–water partition coefficient (Wildman–Crippen LogP) is 4.84. The minimum absolute atomic E-state index is 0.150. The summed E-state index contributed by atoms with van der Waals surface area (Å²) in [6.07, 6.45) is 0. The van der Waals surface area contributed by atoms with Gasteiger partial charge in [0, 0.05) is 11.3 Å². The maximum absolute atomic E-state index is 12.2. The second-order valence-corrected chi connectivity index (χ2v) is 7.13. The molecule has 0 spiro atoms. The van der Waals surface area contributed by atoms with Crippen LogP contribution < -0.4 is 5.32 Å². The lowest BCUT2D eigenvalue weighted by molar-refractivity contribution is -0.113. The molecule has 29 heavy (non-hydrogen) atoms. The fourth-order valence-electron chi connectivity index (χ4n) is 2.69. The van der Waals surface area contributed by atoms with E-state index in [0.717, 1.165) is 28.6 Å². The molecule has 4 rings (SSSR count). The molecular formula is C22H17N3O3S. The van der Waals surface area contributed by atoms with E-state index in [1.54, 1.807) is 24.3 Å². The number of phenolic OH excluding ortho intramolecular Hbond substituents is 1. The summed E-state index contributed by atoms with van der Waals surface area (Å²) in [5, 5.41) is 20.4. The van der Waals surface area contributed by atoms with Crippen LogP contribution in [0.5, 0.6) is 5.75 Å². The zero-order valence-electron chi connectivity index (χ0n) is 15.3. The summed E-state index contributed by atoms with van der Waals surface area (Å²) in [5.41, 5.74) is 3.64. The minimum Gasteiger partial charge on any atom is -0.508 e. The van der Waals surface area contributed by atoms with Gasteiger partial charge in [-0.2, -0.15) is 0 Å². The molecule has 6 nitrogen and oxygen atoms in total. The smallest absolute Gasteiger partial charge is 0.277 e. The van der Waals surface area contributed by atoms with Crippen LogP contribution in [0.25, 0.3) is 22.6 Å². The Kier molecular flexibility index (Phi) is 5.58. The number of aromatic nitrogens is 2. The summed E-state index contributed by atoms with van der Waals surface area (Å²) in [6.45, 7) is 0. The molecule has 3 aromatic carbocycles. The molecule has 1 heterocycles. The van der Waals surface area contributed by atoms with Crippen molar-refractivity contribution in [1.29, 1.82) is 0 Å². The van der Waals surface area contributed by atoms with Gasteiger partial charge < -0.3 is 14.8 Å². The van der Waals surface area contributed by atoms with Crippen molar-refractivity contribution in [2.24, 2.45) is 0 Å². The molecule has 0 bridgehead atoms. The van der Waals surface area contributed by atoms with Gasteiger partial charge in [-0.05, 0) is 47.5 Å². The van der Waals surface area contributed by atoms with Crippen LogP contribution in [0.15, 0.2) is 88.5 Å². The fourth-order valence-corrected chi connectivity index (χ4v) is 3.25. The second kappa shape index (κ2) is 8.62. The van der Waals surface area contributed by atoms with E-state index in [2.05, 4.69) is 15.5 Å². The van der Waals surface area contributed by atoms with Crippen LogP contribution in [0.4, 0.5) is 5.69 Å². The number of anilines is 1. The number of nitrogens with zero attached hydrogens (tertiary/aromatic N) is 2. The first-order valence-electron chi connectivity index (χ1n) is 8.88. The van der Waals surface area contributed by atoms with E-state index < -0.39 is 0 Å². The third kappa shape index (κ3) is 4.83. The molecule has 0 saturated heterocycles. The molecular weight excluding hydrogens is 386 g/mol. The summed E-state index contributed by atoms with van der Waals surface area (Å²) in [4.78, 5) is 12.2. The Morgan fingerprint density at radius 1 is 0.862 bits per heavy atom. The number of benzene rings is 3. The number of aromatic hydroxyl groups is 1. The van der Waals surface area contributed by atoms with Crippen LogP contribution in [-0.4, -0.2) is 27.0 Å². The number of thioether (sulfide) groups is 1. The van der Waals surface area contributed by atoms with Crippen molar-refractivity contribution in [2.75, 3.05) is 11.1 Å². The largest absolute Gasteiger partial charge is 0.508 e. The van der Waals surface area contributed by atoms with Gasteiger partial charge in [0.05, 0.1) is 5.75 Å². The van der Waals surface area contributed by atoms with Gasteiger partial charge in [0.2, 0.25) is 11.8 Å². The molecule has 0 aliphatic heterocycles. The van der Waals surface area contributed by atoms with Gasteiger partial charge in [-0.1, -0.05) is 54.2 Å². The number of rotatable bonds is 6. The van der Waals surface area contributed by atoms with E-state index >= 15 is 0 Å². The van der Waals surface area contributed by atoms with Gasteiger partial charge in [-0.25, -0.2) is 0 Å². The van der Waals surface area contributed by atoms with Crippen LogP contribution in [0, 0.1) is 0 Å². The summed E-state index contributed by atoms with van der Waals surface area (Å²) < 4.78 is 5.55. The third-order valence-electron chi connectivity index (χ3n) is 4.12. The van der Waals surface area contributed by atoms with E-state index in [-0.39, 0.29) is 17.4 Å². The van der Waals surface area contributed by atoms with E-state index in [4.69, 9.17) is 4.42 Å². The van der Waals surface area contributed by atoms with Crippen molar-refractivity contribution >= 4 is 23.4 Å². The fraction of sp³-hybridized carbons (Fsp3) is 0.0455. The number of amides is 1. The zero-order chi connectivity index (χ0) is 20.1. The standard InChI is InChI=1S/C22H17N3O3S/c26-19-12-8-17(9-13-19)21-24-25-22(28-21)29-14-20(27)23-18-10-6-16(7-11-18)15-4-2-1-3-5-15/h1-13,26H,14H2,(H,23,27). The van der Waals surface area contributed by atoms with E-state index in [1.807, 2.05) is 54.6 Å². The first-order valence-corrected chi connectivity index (χ1v) is 9.87. The van der Waals surface area contributed by atoms with Gasteiger partial charge in [-0.15, -0.1) is 10.2 Å². The number of carbonyl (C=O) groups is 1. The molecule has 2 N–H and O–H groups in total. The highest BCUT2D eigenvalue weighted by molar-refractivity contribution is 7.99. The molecule has 0 aliphatic rings. The third-order valence-corrected chi connectivity index (χ3v) is 4.94. The topological polar surface area (TPSA) is 88.2 Å². The number of hydrogen-bond donors (Lipinski definition) is 2. The molecule has 0 saturated carbocycles. The van der Waals surface area contributed by atoms with Crippen molar-refractivity contribution in [2.45, 2.75) is 5.22 Å². The van der Waals surface area contributed by atoms with Gasteiger partial charge in [0.1, 0.15) is 5.75 Å². The SMILES string of the molecule is O=C(CSc1nnc(-c2ccc(O)cc2)o1)Nc1ccc(-c2ccccc2)cc1. The van der Waals surface area contributed by atoms with Crippen molar-refractivity contribution in [3.8, 4) is 28.3 Å². The lowest BCUT2D eigenvalue weighted by Gasteiger charge is -2.06. The number of phenols is 1. The molecule has 1 aromatic heterocycles. The Labute approximate surface area is 171 Å². The van der Waals surface area contributed by atoms with Gasteiger partial charge >= 0.3 is 0 Å². The maximum atomic E-state index is 12.2. The summed E-state index contributed by atoms with van der Waals surface area (Å²) in [5.74, 6) is 0.491. The average Bonchev–Trinajstić information content (AvgIpc) is 3.23. The van der Waals surface area contributed by atoms with Crippen LogP contribution >= 0.6 is 11.8 Å². The molecule has 1 amide bonds. The highest BCUT2D eigenvalue weighted by Crippen LogP contribution is 2.25. The summed E-state index contributed by atoms with van der Waals surface area (Å²) in [7, 11) is 0. The first-order chi connectivity index (χ1) is 14.2. The highest BCUT2D eigenvalue weighted by atomic mass is 32.2. The van der Waals surface area contributed by atoms with Crippen molar-refractivity contribution in [3.05, 3.63) is 78.9 Å². The van der Waals surface area contributed by atoms with Crippen LogP contribution in [0.2, 0.25) is 0 Å². The van der Waals surface area contributed by atoms with E-state index in [0.29, 0.717) is 16.7 Å². The van der Waals surface area contributed by atoms with Gasteiger partial charge in [0.25, 0.3) is 5.22 Å². The zero-order valence-corrected chi connectivity index (χ0v) is 16.1. The number of nitrogens with one attached hydrogen (secondary N) is 1. The average molecular weight is 403 g/mol. The second-order valence-electron chi connectivity index (χ2n) is 6.20. The Morgan fingerprint density at radius 3 is 2.24 bits per heavy atom. The Balaban J connectivity index is 1.32. The first kappa shape index (κ1) is 18.8. The monoisotopic (exact) mass is 403 g/mol. The Morgan fingerprint density at radius 2 is 1.52 bits per heavy atom. The Bertz CT molecular complexity index is 1090. The van der Waals surface area contributed by atoms with Crippen molar-refractivity contribution in [1.82, 2.24) is 10.2 Å². The molecule has 4 aromatic rings. The van der Waals surface area contributed by atoms with E-state index in [1.165, 1.54) is 0 Å². The Hall–Kier alpha value is -3.58. The highest BCUT2D eigenvalue weighted by Gasteiger charge is 2.11. The predicted molar refractivity (Wildman–Crippen MR) is 113 cm³/mol. The van der Waals surface area contributed by atoms with Crippen LogP contribution in [0.3, 0.4) is 0 Å². The molecule has 7 heteroatoms. The number of hydrogen-bond acceptors (Lipinski definition) is 6. The molecule has 0 radical (unpaired) electrons. The number of carbonyl (C=O) groups excluding carboxylic acids is 1. The van der Waals surface area contributed by atoms with Crippen LogP contribution in [-0.2, 0) is 4.79 Å². The van der Waals surface area contributed by atoms with Crippen LogP contribution in [0.1, 0.15) is 0 Å². The molecule has 0 atom stereocenters. The molecule has 0 aliphatic carbocycles. The molecule has 0 fully saturated rings. The van der Waals surface area contributed by atoms with Gasteiger partial charge in [0.15, 0.2) is 0 Å². The van der Waals surface area contributed by atoms with E-state index in [9.17, 15) is 9.90 Å². The molecule has 144 valence electrons. The summed E-state index contributed by atoms with van der Waals surface area (Å²) in [6, 6.07) is 24.2. The molecule has 0 unspecified atom stereocenters. The van der Waals surface area contributed by atoms with Crippen molar-refractivity contribution in [3.63, 3.8) is 0 Å². The maximum Gasteiger partial charge on any atom is 0.277 e. The lowest BCUT2D eigenvalue weighted by atomic mass is 10.1.